The molecule has 0 aliphatic carbocycles. The van der Waals surface area contributed by atoms with Gasteiger partial charge in [-0.05, 0) is 23.9 Å². The van der Waals surface area contributed by atoms with Crippen molar-refractivity contribution >= 4 is 23.3 Å². The molecular weight excluding hydrogens is 350 g/mol. The topological polar surface area (TPSA) is 75.4 Å². The number of benzene rings is 1. The average Bonchev–Trinajstić information content (AvgIpc) is 3.34. The second kappa shape index (κ2) is 6.76. The minimum Gasteiger partial charge on any atom is -0.440 e. The molecule has 7 heteroatoms. The molecule has 1 aliphatic rings. The van der Waals surface area contributed by atoms with E-state index in [2.05, 4.69) is 10.3 Å². The number of hydrogen-bond donors (Lipinski definition) is 1. The van der Waals surface area contributed by atoms with Crippen molar-refractivity contribution in [1.29, 1.82) is 0 Å². The van der Waals surface area contributed by atoms with Crippen LogP contribution < -0.4 is 5.32 Å². The van der Waals surface area contributed by atoms with Gasteiger partial charge in [-0.15, -0.1) is 11.3 Å². The van der Waals surface area contributed by atoms with Gasteiger partial charge in [0, 0.05) is 6.42 Å². The summed E-state index contributed by atoms with van der Waals surface area (Å²) in [7, 11) is 0. The number of oxazole rings is 1. The third-order valence-electron chi connectivity index (χ3n) is 4.32. The molecular formula is C19H17N3O3S. The summed E-state index contributed by atoms with van der Waals surface area (Å²) >= 11 is 1.53. The highest BCUT2D eigenvalue weighted by Gasteiger charge is 2.38. The molecule has 3 heterocycles. The third-order valence-corrected chi connectivity index (χ3v) is 5.18. The average molecular weight is 367 g/mol. The molecule has 1 aliphatic heterocycles. The van der Waals surface area contributed by atoms with Crippen molar-refractivity contribution in [2.75, 3.05) is 0 Å². The highest BCUT2D eigenvalue weighted by atomic mass is 32.1. The van der Waals surface area contributed by atoms with E-state index in [1.165, 1.54) is 16.2 Å². The van der Waals surface area contributed by atoms with Crippen molar-refractivity contribution in [2.45, 2.75) is 25.9 Å². The molecule has 1 fully saturated rings. The quantitative estimate of drug-likeness (QED) is 0.702. The zero-order chi connectivity index (χ0) is 18.1. The van der Waals surface area contributed by atoms with Crippen LogP contribution in [0.4, 0.5) is 4.79 Å². The van der Waals surface area contributed by atoms with E-state index >= 15 is 0 Å². The molecule has 0 spiro atoms. The fraction of sp³-hybridized carbons (Fsp3) is 0.211. The summed E-state index contributed by atoms with van der Waals surface area (Å²) in [6.07, 6.45) is 0.472. The van der Waals surface area contributed by atoms with Gasteiger partial charge in [0.2, 0.25) is 5.89 Å². The third kappa shape index (κ3) is 3.13. The second-order valence-electron chi connectivity index (χ2n) is 6.12. The van der Waals surface area contributed by atoms with Crippen LogP contribution >= 0.6 is 11.3 Å². The standard InChI is InChI=1S/C19H17N3O3S/c1-12-15(20-17(25-12)16-8-5-9-26-16)11-22-18(23)14(21-19(22)24)10-13-6-3-2-4-7-13/h2-9,14H,10-11H2,1H3,(H,21,24). The normalized spacial score (nSPS) is 17.0. The largest absolute Gasteiger partial charge is 0.440 e. The summed E-state index contributed by atoms with van der Waals surface area (Å²) in [5.74, 6) is 0.889. The van der Waals surface area contributed by atoms with E-state index < -0.39 is 12.1 Å². The molecule has 1 unspecified atom stereocenters. The van der Waals surface area contributed by atoms with Gasteiger partial charge >= 0.3 is 6.03 Å². The first-order valence-electron chi connectivity index (χ1n) is 8.28. The van der Waals surface area contributed by atoms with E-state index in [1.807, 2.05) is 47.8 Å². The molecule has 3 aromatic rings. The highest BCUT2D eigenvalue weighted by molar-refractivity contribution is 7.13. The summed E-state index contributed by atoms with van der Waals surface area (Å²) in [6, 6.07) is 12.5. The van der Waals surface area contributed by atoms with Crippen LogP contribution in [-0.2, 0) is 17.8 Å². The Morgan fingerprint density at radius 3 is 2.73 bits per heavy atom. The zero-order valence-corrected chi connectivity index (χ0v) is 15.0. The Hall–Kier alpha value is -2.93. The number of carbonyl (C=O) groups is 2. The number of imide groups is 1. The van der Waals surface area contributed by atoms with Gasteiger partial charge in [0.05, 0.1) is 11.4 Å². The van der Waals surface area contributed by atoms with Crippen molar-refractivity contribution in [3.05, 3.63) is 64.9 Å². The molecule has 1 N–H and O–H groups in total. The van der Waals surface area contributed by atoms with Crippen LogP contribution in [0.15, 0.2) is 52.3 Å². The molecule has 1 saturated heterocycles. The van der Waals surface area contributed by atoms with Gasteiger partial charge in [-0.1, -0.05) is 36.4 Å². The Kier molecular flexibility index (Phi) is 4.30. The maximum atomic E-state index is 12.7. The molecule has 1 atom stereocenters. The van der Waals surface area contributed by atoms with Crippen LogP contribution in [0.1, 0.15) is 17.0 Å². The predicted octanol–water partition coefficient (Wildman–Crippen LogP) is 3.37. The maximum Gasteiger partial charge on any atom is 0.325 e. The van der Waals surface area contributed by atoms with Gasteiger partial charge in [-0.25, -0.2) is 9.78 Å². The summed E-state index contributed by atoms with van der Waals surface area (Å²) < 4.78 is 5.69. The smallest absolute Gasteiger partial charge is 0.325 e. The number of aromatic nitrogens is 1. The molecule has 1 aromatic carbocycles. The first-order chi connectivity index (χ1) is 12.6. The van der Waals surface area contributed by atoms with Crippen LogP contribution in [-0.4, -0.2) is 27.9 Å². The molecule has 132 valence electrons. The summed E-state index contributed by atoms with van der Waals surface area (Å²) in [6.45, 7) is 1.90. The molecule has 0 bridgehead atoms. The van der Waals surface area contributed by atoms with Gasteiger partial charge in [0.15, 0.2) is 0 Å². The van der Waals surface area contributed by atoms with E-state index in [0.717, 1.165) is 10.4 Å². The Morgan fingerprint density at radius 2 is 2.00 bits per heavy atom. The Balaban J connectivity index is 1.50. The lowest BCUT2D eigenvalue weighted by molar-refractivity contribution is -0.127. The Labute approximate surface area is 154 Å². The lowest BCUT2D eigenvalue weighted by Gasteiger charge is -2.11. The molecule has 6 nitrogen and oxygen atoms in total. The van der Waals surface area contributed by atoms with Crippen LogP contribution in [0.5, 0.6) is 0 Å². The number of rotatable bonds is 5. The molecule has 4 rings (SSSR count). The molecule has 3 amide bonds. The highest BCUT2D eigenvalue weighted by Crippen LogP contribution is 2.27. The van der Waals surface area contributed by atoms with Crippen molar-refractivity contribution < 1.29 is 14.0 Å². The van der Waals surface area contributed by atoms with Crippen LogP contribution in [0.2, 0.25) is 0 Å². The number of amides is 3. The lowest BCUT2D eigenvalue weighted by atomic mass is 10.1. The first-order valence-corrected chi connectivity index (χ1v) is 9.16. The van der Waals surface area contributed by atoms with Gasteiger partial charge in [0.1, 0.15) is 17.5 Å². The monoisotopic (exact) mass is 367 g/mol. The molecule has 0 saturated carbocycles. The minimum atomic E-state index is -0.547. The van der Waals surface area contributed by atoms with Gasteiger partial charge < -0.3 is 9.73 Å². The van der Waals surface area contributed by atoms with Crippen LogP contribution in [0.3, 0.4) is 0 Å². The second-order valence-corrected chi connectivity index (χ2v) is 7.06. The molecule has 2 aromatic heterocycles. The zero-order valence-electron chi connectivity index (χ0n) is 14.1. The van der Waals surface area contributed by atoms with Crippen molar-refractivity contribution in [1.82, 2.24) is 15.2 Å². The molecule has 26 heavy (non-hydrogen) atoms. The minimum absolute atomic E-state index is 0.108. The van der Waals surface area contributed by atoms with Crippen molar-refractivity contribution in [3.8, 4) is 10.8 Å². The van der Waals surface area contributed by atoms with Crippen LogP contribution in [0, 0.1) is 6.92 Å². The van der Waals surface area contributed by atoms with Crippen molar-refractivity contribution in [2.24, 2.45) is 0 Å². The van der Waals surface area contributed by atoms with E-state index in [4.69, 9.17) is 4.42 Å². The van der Waals surface area contributed by atoms with Gasteiger partial charge in [-0.3, -0.25) is 9.69 Å². The predicted molar refractivity (Wildman–Crippen MR) is 97.6 cm³/mol. The summed E-state index contributed by atoms with van der Waals surface area (Å²) in [4.78, 5) is 31.5. The number of aryl methyl sites for hydroxylation is 1. The van der Waals surface area contributed by atoms with E-state index in [0.29, 0.717) is 23.8 Å². The van der Waals surface area contributed by atoms with E-state index in [1.54, 1.807) is 6.92 Å². The number of carbonyl (C=O) groups excluding carboxylic acids is 2. The van der Waals surface area contributed by atoms with Crippen LogP contribution in [0.25, 0.3) is 10.8 Å². The summed E-state index contributed by atoms with van der Waals surface area (Å²) in [5, 5.41) is 4.70. The van der Waals surface area contributed by atoms with Gasteiger partial charge in [-0.2, -0.15) is 0 Å². The number of urea groups is 1. The fourth-order valence-corrected chi connectivity index (χ4v) is 3.59. The molecule has 0 radical (unpaired) electrons. The lowest BCUT2D eigenvalue weighted by Crippen LogP contribution is -2.32. The van der Waals surface area contributed by atoms with Gasteiger partial charge in [0.25, 0.3) is 5.91 Å². The number of nitrogens with one attached hydrogen (secondary N) is 1. The number of hydrogen-bond acceptors (Lipinski definition) is 5. The first kappa shape index (κ1) is 16.5. The number of nitrogens with zero attached hydrogens (tertiary/aromatic N) is 2. The summed E-state index contributed by atoms with van der Waals surface area (Å²) in [5.41, 5.74) is 1.60. The maximum absolute atomic E-state index is 12.7. The Bertz CT molecular complexity index is 934. The number of thiophene rings is 1. The van der Waals surface area contributed by atoms with Crippen molar-refractivity contribution in [3.63, 3.8) is 0 Å². The SMILES string of the molecule is Cc1oc(-c2cccs2)nc1CN1C(=O)NC(Cc2ccccc2)C1=O. The van der Waals surface area contributed by atoms with E-state index in [9.17, 15) is 9.59 Å². The fourth-order valence-electron chi connectivity index (χ4n) is 2.94. The Morgan fingerprint density at radius 1 is 1.19 bits per heavy atom. The van der Waals surface area contributed by atoms with E-state index in [-0.39, 0.29) is 12.5 Å².